The predicted octanol–water partition coefficient (Wildman–Crippen LogP) is 1.10. The number of benzene rings is 1. The summed E-state index contributed by atoms with van der Waals surface area (Å²) in [4.78, 5) is 0.222. The van der Waals surface area contributed by atoms with Gasteiger partial charge >= 0.3 is 0 Å². The summed E-state index contributed by atoms with van der Waals surface area (Å²) in [6.07, 6.45) is 0. The van der Waals surface area contributed by atoms with Gasteiger partial charge in [0.05, 0.1) is 18.1 Å². The lowest BCUT2D eigenvalue weighted by molar-refractivity contribution is 0.0416. The molecule has 0 unspecified atom stereocenters. The highest BCUT2D eigenvalue weighted by Gasteiger charge is 2.35. The van der Waals surface area contributed by atoms with Gasteiger partial charge in [-0.25, -0.2) is 8.42 Å². The molecule has 2 aromatic rings. The lowest BCUT2D eigenvalue weighted by Gasteiger charge is -2.26. The van der Waals surface area contributed by atoms with Gasteiger partial charge in [-0.15, -0.1) is 0 Å². The topological polar surface area (TPSA) is 95.4 Å². The van der Waals surface area contributed by atoms with Gasteiger partial charge in [0, 0.05) is 11.6 Å². The lowest BCUT2D eigenvalue weighted by Crippen LogP contribution is -2.40. The molecule has 1 aromatic heterocycles. The van der Waals surface area contributed by atoms with Gasteiger partial charge in [0.25, 0.3) is 0 Å². The standard InChI is InChI=1S/C12H12N2O4S/c13-12-5-10(18-14-12)9-3-1-2-4-11(9)19(15,16)8-6-17-7-8/h1-5,8H,6-7H2,(H2,13,14). The highest BCUT2D eigenvalue weighted by atomic mass is 32.2. The molecule has 0 spiro atoms. The normalized spacial score (nSPS) is 16.2. The molecule has 19 heavy (non-hydrogen) atoms. The number of nitrogen functional groups attached to an aromatic ring is 1. The second-order valence-electron chi connectivity index (χ2n) is 4.32. The fraction of sp³-hybridized carbons (Fsp3) is 0.250. The number of nitrogens with zero attached hydrogens (tertiary/aromatic N) is 1. The number of hydrogen-bond acceptors (Lipinski definition) is 6. The first-order valence-corrected chi connectivity index (χ1v) is 7.27. The maximum absolute atomic E-state index is 12.4. The summed E-state index contributed by atoms with van der Waals surface area (Å²) in [7, 11) is -3.43. The Morgan fingerprint density at radius 1 is 1.26 bits per heavy atom. The Morgan fingerprint density at radius 3 is 2.58 bits per heavy atom. The molecule has 6 nitrogen and oxygen atoms in total. The molecule has 0 aliphatic carbocycles. The van der Waals surface area contributed by atoms with Gasteiger partial charge in [-0.2, -0.15) is 0 Å². The second-order valence-corrected chi connectivity index (χ2v) is 6.51. The van der Waals surface area contributed by atoms with Crippen molar-refractivity contribution in [3.8, 4) is 11.3 Å². The maximum Gasteiger partial charge on any atom is 0.186 e. The van der Waals surface area contributed by atoms with Crippen LogP contribution in [0, 0.1) is 0 Å². The first kappa shape index (κ1) is 12.2. The summed E-state index contributed by atoms with van der Waals surface area (Å²) >= 11 is 0. The zero-order valence-corrected chi connectivity index (χ0v) is 10.8. The van der Waals surface area contributed by atoms with Gasteiger partial charge in [-0.3, -0.25) is 0 Å². The first-order chi connectivity index (χ1) is 9.09. The Hall–Kier alpha value is -1.86. The molecule has 0 bridgehead atoms. The predicted molar refractivity (Wildman–Crippen MR) is 68.1 cm³/mol. The van der Waals surface area contributed by atoms with Crippen molar-refractivity contribution in [1.82, 2.24) is 5.16 Å². The molecule has 0 radical (unpaired) electrons. The third-order valence-electron chi connectivity index (χ3n) is 3.03. The highest BCUT2D eigenvalue weighted by molar-refractivity contribution is 7.92. The molecule has 3 rings (SSSR count). The molecular weight excluding hydrogens is 268 g/mol. The van der Waals surface area contributed by atoms with E-state index in [-0.39, 0.29) is 23.9 Å². The number of nitrogens with two attached hydrogens (primary N) is 1. The zero-order chi connectivity index (χ0) is 13.5. The van der Waals surface area contributed by atoms with Crippen LogP contribution in [0.5, 0.6) is 0 Å². The number of sulfone groups is 1. The fourth-order valence-corrected chi connectivity index (χ4v) is 3.56. The minimum Gasteiger partial charge on any atom is -0.381 e. The van der Waals surface area contributed by atoms with E-state index in [0.717, 1.165) is 0 Å². The minimum atomic E-state index is -3.43. The van der Waals surface area contributed by atoms with Crippen molar-refractivity contribution >= 4 is 15.7 Å². The SMILES string of the molecule is Nc1cc(-c2ccccc2S(=O)(=O)C2COC2)on1. The summed E-state index contributed by atoms with van der Waals surface area (Å²) in [5.74, 6) is 0.561. The van der Waals surface area contributed by atoms with Gasteiger partial charge in [0.15, 0.2) is 21.4 Å². The Bertz CT molecular complexity index is 704. The second kappa shape index (κ2) is 4.36. The molecule has 0 saturated carbocycles. The molecule has 1 fully saturated rings. The number of rotatable bonds is 3. The van der Waals surface area contributed by atoms with E-state index in [0.29, 0.717) is 11.3 Å². The minimum absolute atomic E-state index is 0.217. The molecule has 0 atom stereocenters. The molecule has 2 N–H and O–H groups in total. The molecule has 1 aliphatic heterocycles. The van der Waals surface area contributed by atoms with Crippen LogP contribution in [0.2, 0.25) is 0 Å². The average molecular weight is 280 g/mol. The van der Waals surface area contributed by atoms with E-state index in [2.05, 4.69) is 5.16 Å². The van der Waals surface area contributed by atoms with Crippen molar-refractivity contribution in [2.24, 2.45) is 0 Å². The summed E-state index contributed by atoms with van der Waals surface area (Å²) in [5, 5.41) is 3.09. The van der Waals surface area contributed by atoms with Crippen LogP contribution in [0.1, 0.15) is 0 Å². The van der Waals surface area contributed by atoms with E-state index in [9.17, 15) is 8.42 Å². The van der Waals surface area contributed by atoms with Crippen LogP contribution in [0.3, 0.4) is 0 Å². The summed E-state index contributed by atoms with van der Waals surface area (Å²) in [6.45, 7) is 0.463. The van der Waals surface area contributed by atoms with Crippen molar-refractivity contribution in [3.05, 3.63) is 30.3 Å². The van der Waals surface area contributed by atoms with Crippen molar-refractivity contribution < 1.29 is 17.7 Å². The summed E-state index contributed by atoms with van der Waals surface area (Å²) in [6, 6.07) is 8.15. The molecule has 2 heterocycles. The van der Waals surface area contributed by atoms with Crippen LogP contribution in [0.25, 0.3) is 11.3 Å². The van der Waals surface area contributed by atoms with Crippen LogP contribution in [-0.4, -0.2) is 32.0 Å². The van der Waals surface area contributed by atoms with Crippen molar-refractivity contribution in [1.29, 1.82) is 0 Å². The first-order valence-electron chi connectivity index (χ1n) is 5.72. The smallest absolute Gasteiger partial charge is 0.186 e. The monoisotopic (exact) mass is 280 g/mol. The van der Waals surface area contributed by atoms with Crippen LogP contribution >= 0.6 is 0 Å². The van der Waals surface area contributed by atoms with Crippen LogP contribution < -0.4 is 5.73 Å². The van der Waals surface area contributed by atoms with E-state index >= 15 is 0 Å². The zero-order valence-electron chi connectivity index (χ0n) is 9.94. The molecule has 7 heteroatoms. The third-order valence-corrected chi connectivity index (χ3v) is 5.15. The number of anilines is 1. The lowest BCUT2D eigenvalue weighted by atomic mass is 10.2. The molecule has 1 saturated heterocycles. The third kappa shape index (κ3) is 2.00. The number of ether oxygens (including phenoxy) is 1. The Balaban J connectivity index is 2.12. The summed E-state index contributed by atoms with van der Waals surface area (Å²) in [5.41, 5.74) is 5.97. The molecule has 100 valence electrons. The average Bonchev–Trinajstić information content (AvgIpc) is 2.73. The van der Waals surface area contributed by atoms with E-state index in [1.807, 2.05) is 0 Å². The van der Waals surface area contributed by atoms with Gasteiger partial charge in [-0.1, -0.05) is 17.3 Å². The quantitative estimate of drug-likeness (QED) is 0.904. The van der Waals surface area contributed by atoms with Crippen molar-refractivity contribution in [3.63, 3.8) is 0 Å². The Morgan fingerprint density at radius 2 is 2.00 bits per heavy atom. The molecule has 1 aromatic carbocycles. The molecular formula is C12H12N2O4S. The van der Waals surface area contributed by atoms with Gasteiger partial charge in [0.1, 0.15) is 5.25 Å². The van der Waals surface area contributed by atoms with Gasteiger partial charge in [-0.05, 0) is 12.1 Å². The molecule has 0 amide bonds. The highest BCUT2D eigenvalue weighted by Crippen LogP contribution is 2.32. The maximum atomic E-state index is 12.4. The Labute approximate surface area is 110 Å². The fourth-order valence-electron chi connectivity index (χ4n) is 1.91. The van der Waals surface area contributed by atoms with Crippen LogP contribution in [0.4, 0.5) is 5.82 Å². The van der Waals surface area contributed by atoms with Gasteiger partial charge < -0.3 is 15.0 Å². The van der Waals surface area contributed by atoms with E-state index in [1.165, 1.54) is 6.07 Å². The largest absolute Gasteiger partial charge is 0.381 e. The van der Waals surface area contributed by atoms with Crippen LogP contribution in [0.15, 0.2) is 39.8 Å². The Kier molecular flexibility index (Phi) is 2.79. The number of hydrogen-bond donors (Lipinski definition) is 1. The van der Waals surface area contributed by atoms with Crippen molar-refractivity contribution in [2.45, 2.75) is 10.1 Å². The van der Waals surface area contributed by atoms with Crippen LogP contribution in [-0.2, 0) is 14.6 Å². The van der Waals surface area contributed by atoms with E-state index in [4.69, 9.17) is 15.0 Å². The summed E-state index contributed by atoms with van der Waals surface area (Å²) < 4.78 is 34.9. The van der Waals surface area contributed by atoms with Gasteiger partial charge in [0.2, 0.25) is 0 Å². The van der Waals surface area contributed by atoms with E-state index < -0.39 is 15.1 Å². The van der Waals surface area contributed by atoms with E-state index in [1.54, 1.807) is 24.3 Å². The number of aromatic nitrogens is 1. The van der Waals surface area contributed by atoms with Crippen molar-refractivity contribution in [2.75, 3.05) is 18.9 Å². The molecule has 1 aliphatic rings.